The van der Waals surface area contributed by atoms with Gasteiger partial charge in [0.2, 0.25) is 0 Å². The highest BCUT2D eigenvalue weighted by molar-refractivity contribution is 5.95. The molecule has 1 N–H and O–H groups in total. The summed E-state index contributed by atoms with van der Waals surface area (Å²) in [6, 6.07) is 2.10. The van der Waals surface area contributed by atoms with Crippen molar-refractivity contribution in [2.24, 2.45) is 0 Å². The fraction of sp³-hybridized carbons (Fsp3) is 0.571. The number of rotatable bonds is 4. The summed E-state index contributed by atoms with van der Waals surface area (Å²) >= 11 is 0. The molecule has 0 spiro atoms. The van der Waals surface area contributed by atoms with Crippen LogP contribution in [-0.4, -0.2) is 54.2 Å². The average molecular weight is 263 g/mol. The Bertz CT molecular complexity index is 474. The molecule has 0 saturated carbocycles. The molecule has 0 aliphatic carbocycles. The van der Waals surface area contributed by atoms with Gasteiger partial charge in [-0.1, -0.05) is 0 Å². The van der Waals surface area contributed by atoms with Gasteiger partial charge in [0.15, 0.2) is 0 Å². The first kappa shape index (κ1) is 13.8. The van der Waals surface area contributed by atoms with Crippen molar-refractivity contribution < 1.29 is 9.90 Å². The van der Waals surface area contributed by atoms with Crippen molar-refractivity contribution in [3.63, 3.8) is 0 Å². The summed E-state index contributed by atoms with van der Waals surface area (Å²) in [4.78, 5) is 20.1. The van der Waals surface area contributed by atoms with Crippen LogP contribution in [0.4, 0.5) is 5.82 Å². The summed E-state index contributed by atoms with van der Waals surface area (Å²) in [6.45, 7) is 3.63. The number of hydrogen-bond donors (Lipinski definition) is 1. The zero-order valence-electron chi connectivity index (χ0n) is 11.8. The van der Waals surface area contributed by atoms with Crippen LogP contribution in [0.15, 0.2) is 12.3 Å². The van der Waals surface area contributed by atoms with E-state index in [1.165, 1.54) is 0 Å². The molecule has 104 valence electrons. The lowest BCUT2D eigenvalue weighted by Crippen LogP contribution is -2.38. The summed E-state index contributed by atoms with van der Waals surface area (Å²) < 4.78 is 0. The Kier molecular flexibility index (Phi) is 4.04. The predicted octanol–water partition coefficient (Wildman–Crippen LogP) is 1.62. The molecule has 0 radical (unpaired) electrons. The molecule has 5 heteroatoms. The van der Waals surface area contributed by atoms with Crippen molar-refractivity contribution >= 4 is 11.8 Å². The van der Waals surface area contributed by atoms with E-state index >= 15 is 0 Å². The number of anilines is 1. The van der Waals surface area contributed by atoms with Crippen LogP contribution >= 0.6 is 0 Å². The Morgan fingerprint density at radius 3 is 2.95 bits per heavy atom. The molecule has 2 rings (SSSR count). The number of aromatic nitrogens is 1. The summed E-state index contributed by atoms with van der Waals surface area (Å²) in [6.07, 6.45) is 3.88. The third-order valence-corrected chi connectivity index (χ3v) is 3.58. The van der Waals surface area contributed by atoms with Crippen LogP contribution in [0.5, 0.6) is 0 Å². The monoisotopic (exact) mass is 263 g/mol. The number of carbonyl (C=O) groups is 1. The maximum absolute atomic E-state index is 11.5. The fourth-order valence-electron chi connectivity index (χ4n) is 2.75. The molecule has 19 heavy (non-hydrogen) atoms. The largest absolute Gasteiger partial charge is 0.478 e. The van der Waals surface area contributed by atoms with E-state index in [1.807, 2.05) is 21.0 Å². The third-order valence-electron chi connectivity index (χ3n) is 3.58. The number of aryl methyl sites for hydroxylation is 1. The highest BCUT2D eigenvalue weighted by atomic mass is 16.4. The first-order valence-corrected chi connectivity index (χ1v) is 6.61. The molecule has 1 fully saturated rings. The maximum Gasteiger partial charge on any atom is 0.339 e. The lowest BCUT2D eigenvalue weighted by molar-refractivity contribution is 0.0696. The number of nitrogens with zero attached hydrogens (tertiary/aromatic N) is 3. The number of carboxylic acid groups (broad SMARTS) is 1. The van der Waals surface area contributed by atoms with Gasteiger partial charge in [-0.15, -0.1) is 0 Å². The van der Waals surface area contributed by atoms with Crippen molar-refractivity contribution in [2.75, 3.05) is 32.1 Å². The molecular formula is C14H21N3O2. The van der Waals surface area contributed by atoms with Gasteiger partial charge in [-0.2, -0.15) is 0 Å². The van der Waals surface area contributed by atoms with Crippen molar-refractivity contribution in [1.29, 1.82) is 0 Å². The van der Waals surface area contributed by atoms with Crippen molar-refractivity contribution in [3.8, 4) is 0 Å². The van der Waals surface area contributed by atoms with Crippen LogP contribution in [-0.2, 0) is 0 Å². The van der Waals surface area contributed by atoms with Crippen LogP contribution in [0.1, 0.15) is 28.8 Å². The summed E-state index contributed by atoms with van der Waals surface area (Å²) in [7, 11) is 4.08. The Labute approximate surface area is 113 Å². The second-order valence-electron chi connectivity index (χ2n) is 5.38. The quantitative estimate of drug-likeness (QED) is 0.894. The Balaban J connectivity index is 2.35. The lowest BCUT2D eigenvalue weighted by atomic mass is 10.1. The minimum Gasteiger partial charge on any atom is -0.478 e. The van der Waals surface area contributed by atoms with Gasteiger partial charge in [0.05, 0.1) is 0 Å². The van der Waals surface area contributed by atoms with Gasteiger partial charge in [0.1, 0.15) is 11.4 Å². The summed E-state index contributed by atoms with van der Waals surface area (Å²) in [5, 5.41) is 9.40. The molecule has 1 aromatic rings. The zero-order chi connectivity index (χ0) is 14.0. The van der Waals surface area contributed by atoms with Crippen LogP contribution in [0.3, 0.4) is 0 Å². The van der Waals surface area contributed by atoms with E-state index in [2.05, 4.69) is 14.8 Å². The van der Waals surface area contributed by atoms with Crippen molar-refractivity contribution in [1.82, 2.24) is 9.88 Å². The molecule has 1 unspecified atom stereocenters. The van der Waals surface area contributed by atoms with Gasteiger partial charge in [0, 0.05) is 25.3 Å². The highest BCUT2D eigenvalue weighted by Crippen LogP contribution is 2.28. The van der Waals surface area contributed by atoms with Gasteiger partial charge in [-0.25, -0.2) is 9.78 Å². The van der Waals surface area contributed by atoms with Crippen molar-refractivity contribution in [3.05, 3.63) is 23.4 Å². The van der Waals surface area contributed by atoms with Gasteiger partial charge < -0.3 is 14.9 Å². The number of hydrogen-bond acceptors (Lipinski definition) is 4. The molecule has 0 bridgehead atoms. The molecule has 1 aliphatic heterocycles. The van der Waals surface area contributed by atoms with E-state index in [0.29, 0.717) is 17.4 Å². The lowest BCUT2D eigenvalue weighted by Gasteiger charge is -2.29. The van der Waals surface area contributed by atoms with E-state index in [1.54, 1.807) is 12.3 Å². The van der Waals surface area contributed by atoms with Crippen LogP contribution < -0.4 is 4.90 Å². The smallest absolute Gasteiger partial charge is 0.339 e. The molecule has 0 aromatic carbocycles. The molecule has 2 heterocycles. The minimum absolute atomic E-state index is 0.341. The van der Waals surface area contributed by atoms with Crippen LogP contribution in [0, 0.1) is 6.92 Å². The topological polar surface area (TPSA) is 56.7 Å². The SMILES string of the molecule is Cc1ccnc(N2CCCC2CN(C)C)c1C(=O)O. The first-order valence-electron chi connectivity index (χ1n) is 6.61. The normalized spacial score (nSPS) is 19.2. The van der Waals surface area contributed by atoms with Crippen molar-refractivity contribution in [2.45, 2.75) is 25.8 Å². The Morgan fingerprint density at radius 2 is 2.32 bits per heavy atom. The molecule has 1 aromatic heterocycles. The van der Waals surface area contributed by atoms with Gasteiger partial charge in [0.25, 0.3) is 0 Å². The van der Waals surface area contributed by atoms with Gasteiger partial charge in [-0.3, -0.25) is 0 Å². The highest BCUT2D eigenvalue weighted by Gasteiger charge is 2.29. The summed E-state index contributed by atoms with van der Waals surface area (Å²) in [5.74, 6) is -0.270. The molecule has 1 aliphatic rings. The zero-order valence-corrected chi connectivity index (χ0v) is 11.8. The summed E-state index contributed by atoms with van der Waals surface area (Å²) in [5.41, 5.74) is 1.11. The average Bonchev–Trinajstić information content (AvgIpc) is 2.75. The number of likely N-dealkylation sites (N-methyl/N-ethyl adjacent to an activating group) is 1. The van der Waals surface area contributed by atoms with E-state index < -0.39 is 5.97 Å². The predicted molar refractivity (Wildman–Crippen MR) is 74.9 cm³/mol. The molecule has 1 atom stereocenters. The number of carboxylic acids is 1. The van der Waals surface area contributed by atoms with Gasteiger partial charge in [-0.05, 0) is 45.5 Å². The standard InChI is InChI=1S/C14H21N3O2/c1-10-6-7-15-13(12(10)14(18)19)17-8-4-5-11(17)9-16(2)3/h6-7,11H,4-5,8-9H2,1-3H3,(H,18,19). The number of pyridine rings is 1. The maximum atomic E-state index is 11.5. The third kappa shape index (κ3) is 2.87. The number of aromatic carboxylic acids is 1. The second kappa shape index (κ2) is 5.57. The van der Waals surface area contributed by atoms with Crippen LogP contribution in [0.2, 0.25) is 0 Å². The van der Waals surface area contributed by atoms with E-state index in [0.717, 1.165) is 31.5 Å². The van der Waals surface area contributed by atoms with Gasteiger partial charge >= 0.3 is 5.97 Å². The fourth-order valence-corrected chi connectivity index (χ4v) is 2.75. The second-order valence-corrected chi connectivity index (χ2v) is 5.38. The Morgan fingerprint density at radius 1 is 1.58 bits per heavy atom. The van der Waals surface area contributed by atoms with E-state index in [-0.39, 0.29) is 0 Å². The first-order chi connectivity index (χ1) is 9.00. The molecule has 0 amide bonds. The minimum atomic E-state index is -0.892. The van der Waals surface area contributed by atoms with E-state index in [4.69, 9.17) is 0 Å². The molecular weight excluding hydrogens is 242 g/mol. The molecule has 5 nitrogen and oxygen atoms in total. The Hall–Kier alpha value is -1.62. The molecule has 1 saturated heterocycles. The van der Waals surface area contributed by atoms with E-state index in [9.17, 15) is 9.90 Å². The van der Waals surface area contributed by atoms with Crippen LogP contribution in [0.25, 0.3) is 0 Å².